The molecule has 7 aromatic rings. The number of rotatable bonds is 4. The van der Waals surface area contributed by atoms with Crippen LogP contribution in [0, 0.1) is 0 Å². The standard InChI is InChI=1S/C41H31N/c1-41(2)36-25-23-30(34-21-11-14-28-13-9-10-20-33(28)34)27-35(36)40-38(26-24-29-15-12-22-37(41)39(29)40)42(31-16-5-3-6-17-31)32-18-7-4-8-19-32/h3-27H,1-2H3. The summed E-state index contributed by atoms with van der Waals surface area (Å²) >= 11 is 0. The Morgan fingerprint density at radius 2 is 1.12 bits per heavy atom. The summed E-state index contributed by atoms with van der Waals surface area (Å²) in [5, 5.41) is 5.17. The second-order valence-electron chi connectivity index (χ2n) is 11.8. The van der Waals surface area contributed by atoms with E-state index in [-0.39, 0.29) is 5.41 Å². The Balaban J connectivity index is 1.48. The lowest BCUT2D eigenvalue weighted by Crippen LogP contribution is -2.24. The van der Waals surface area contributed by atoms with Crippen molar-refractivity contribution >= 4 is 38.6 Å². The van der Waals surface area contributed by atoms with Crippen molar-refractivity contribution in [2.75, 3.05) is 4.90 Å². The zero-order valence-corrected chi connectivity index (χ0v) is 23.9. The Morgan fingerprint density at radius 1 is 0.476 bits per heavy atom. The topological polar surface area (TPSA) is 3.24 Å². The highest BCUT2D eigenvalue weighted by Crippen LogP contribution is 2.54. The van der Waals surface area contributed by atoms with Crippen molar-refractivity contribution in [3.8, 4) is 22.3 Å². The minimum absolute atomic E-state index is 0.137. The van der Waals surface area contributed by atoms with E-state index in [0.717, 1.165) is 11.4 Å². The first kappa shape index (κ1) is 24.6. The molecule has 0 aliphatic heterocycles. The van der Waals surface area contributed by atoms with Gasteiger partial charge in [-0.3, -0.25) is 0 Å². The Labute approximate surface area is 247 Å². The summed E-state index contributed by atoms with van der Waals surface area (Å²) in [6.45, 7) is 4.75. The molecule has 0 bridgehead atoms. The van der Waals surface area contributed by atoms with E-state index in [2.05, 4.69) is 170 Å². The predicted octanol–water partition coefficient (Wildman–Crippen LogP) is 11.4. The Kier molecular flexibility index (Phi) is 5.55. The number of fused-ring (bicyclic) bond motifs is 3. The zero-order chi connectivity index (χ0) is 28.3. The quantitative estimate of drug-likeness (QED) is 0.216. The second kappa shape index (κ2) is 9.46. The van der Waals surface area contributed by atoms with Crippen LogP contribution >= 0.6 is 0 Å². The van der Waals surface area contributed by atoms with Crippen LogP contribution in [0.2, 0.25) is 0 Å². The van der Waals surface area contributed by atoms with Gasteiger partial charge in [0, 0.05) is 22.4 Å². The largest absolute Gasteiger partial charge is 0.310 e. The smallest absolute Gasteiger partial charge is 0.0546 e. The number of nitrogens with zero attached hydrogens (tertiary/aromatic N) is 1. The highest BCUT2D eigenvalue weighted by atomic mass is 15.1. The lowest BCUT2D eigenvalue weighted by atomic mass is 9.67. The number of anilines is 3. The van der Waals surface area contributed by atoms with Gasteiger partial charge in [-0.05, 0) is 85.8 Å². The molecule has 0 aromatic heterocycles. The third-order valence-corrected chi connectivity index (χ3v) is 9.03. The monoisotopic (exact) mass is 537 g/mol. The number of para-hydroxylation sites is 2. The van der Waals surface area contributed by atoms with Crippen molar-refractivity contribution < 1.29 is 0 Å². The van der Waals surface area contributed by atoms with Gasteiger partial charge in [0.15, 0.2) is 0 Å². The summed E-state index contributed by atoms with van der Waals surface area (Å²) in [4.78, 5) is 2.41. The van der Waals surface area contributed by atoms with Gasteiger partial charge in [-0.2, -0.15) is 0 Å². The SMILES string of the molecule is CC1(C)c2ccc(-c3cccc4ccccc34)cc2-c2c(N(c3ccccc3)c3ccccc3)ccc3cccc1c23. The third kappa shape index (κ3) is 3.71. The van der Waals surface area contributed by atoms with Crippen LogP contribution in [0.15, 0.2) is 152 Å². The van der Waals surface area contributed by atoms with Crippen LogP contribution < -0.4 is 4.90 Å². The average Bonchev–Trinajstić information content (AvgIpc) is 3.04. The summed E-state index contributed by atoms with van der Waals surface area (Å²) in [6, 6.07) is 55.4. The summed E-state index contributed by atoms with van der Waals surface area (Å²) in [7, 11) is 0. The van der Waals surface area contributed by atoms with Crippen LogP contribution in [-0.2, 0) is 5.41 Å². The van der Waals surface area contributed by atoms with E-state index in [4.69, 9.17) is 0 Å². The highest BCUT2D eigenvalue weighted by Gasteiger charge is 2.35. The van der Waals surface area contributed by atoms with Gasteiger partial charge in [-0.25, -0.2) is 0 Å². The fourth-order valence-electron chi connectivity index (χ4n) is 7.02. The van der Waals surface area contributed by atoms with Gasteiger partial charge < -0.3 is 4.90 Å². The molecule has 0 amide bonds. The molecule has 0 spiro atoms. The molecule has 0 radical (unpaired) electrons. The van der Waals surface area contributed by atoms with Crippen LogP contribution in [-0.4, -0.2) is 0 Å². The van der Waals surface area contributed by atoms with Gasteiger partial charge in [0.1, 0.15) is 0 Å². The van der Waals surface area contributed by atoms with Crippen molar-refractivity contribution in [2.24, 2.45) is 0 Å². The van der Waals surface area contributed by atoms with Crippen molar-refractivity contribution in [2.45, 2.75) is 19.3 Å². The van der Waals surface area contributed by atoms with E-state index in [0.29, 0.717) is 0 Å². The molecule has 1 heteroatoms. The van der Waals surface area contributed by atoms with Crippen LogP contribution in [0.1, 0.15) is 25.0 Å². The molecule has 1 aliphatic carbocycles. The summed E-state index contributed by atoms with van der Waals surface area (Å²) in [5.74, 6) is 0. The first-order valence-electron chi connectivity index (χ1n) is 14.7. The molecule has 1 aliphatic rings. The fraction of sp³-hybridized carbons (Fsp3) is 0.0732. The van der Waals surface area contributed by atoms with Crippen molar-refractivity contribution in [3.05, 3.63) is 163 Å². The summed E-state index contributed by atoms with van der Waals surface area (Å²) < 4.78 is 0. The van der Waals surface area contributed by atoms with Crippen LogP contribution in [0.5, 0.6) is 0 Å². The molecule has 0 fully saturated rings. The van der Waals surface area contributed by atoms with E-state index in [9.17, 15) is 0 Å². The maximum absolute atomic E-state index is 2.45. The van der Waals surface area contributed by atoms with E-state index >= 15 is 0 Å². The van der Waals surface area contributed by atoms with Gasteiger partial charge in [0.2, 0.25) is 0 Å². The first-order valence-corrected chi connectivity index (χ1v) is 14.7. The molecular formula is C41H31N. The van der Waals surface area contributed by atoms with Gasteiger partial charge in [0.05, 0.1) is 5.69 Å². The minimum atomic E-state index is -0.137. The van der Waals surface area contributed by atoms with Crippen molar-refractivity contribution in [3.63, 3.8) is 0 Å². The van der Waals surface area contributed by atoms with Gasteiger partial charge >= 0.3 is 0 Å². The predicted molar refractivity (Wildman–Crippen MR) is 179 cm³/mol. The van der Waals surface area contributed by atoms with Gasteiger partial charge in [-0.15, -0.1) is 0 Å². The van der Waals surface area contributed by atoms with Crippen molar-refractivity contribution in [1.29, 1.82) is 0 Å². The molecule has 0 saturated heterocycles. The van der Waals surface area contributed by atoms with Crippen LogP contribution in [0.3, 0.4) is 0 Å². The average molecular weight is 538 g/mol. The normalized spacial score (nSPS) is 13.2. The Morgan fingerprint density at radius 3 is 1.88 bits per heavy atom. The van der Waals surface area contributed by atoms with E-state index in [1.54, 1.807) is 0 Å². The van der Waals surface area contributed by atoms with Gasteiger partial charge in [0.25, 0.3) is 0 Å². The van der Waals surface area contributed by atoms with Crippen molar-refractivity contribution in [1.82, 2.24) is 0 Å². The third-order valence-electron chi connectivity index (χ3n) is 9.03. The number of benzene rings is 7. The molecular weight excluding hydrogens is 506 g/mol. The van der Waals surface area contributed by atoms with Gasteiger partial charge in [-0.1, -0.05) is 129 Å². The van der Waals surface area contributed by atoms with Crippen LogP contribution in [0.4, 0.5) is 17.1 Å². The molecule has 42 heavy (non-hydrogen) atoms. The molecule has 0 unspecified atom stereocenters. The molecule has 0 heterocycles. The lowest BCUT2D eigenvalue weighted by Gasteiger charge is -2.38. The highest BCUT2D eigenvalue weighted by molar-refractivity contribution is 6.11. The molecule has 0 saturated carbocycles. The maximum atomic E-state index is 2.45. The number of hydrogen-bond donors (Lipinski definition) is 0. The minimum Gasteiger partial charge on any atom is -0.310 e. The van der Waals surface area contributed by atoms with E-state index < -0.39 is 0 Å². The Bertz CT molecular complexity index is 2060. The van der Waals surface area contributed by atoms with Crippen LogP contribution in [0.25, 0.3) is 43.8 Å². The molecule has 0 atom stereocenters. The zero-order valence-electron chi connectivity index (χ0n) is 23.9. The summed E-state index contributed by atoms with van der Waals surface area (Å²) in [5.41, 5.74) is 11.2. The molecule has 1 nitrogen and oxygen atoms in total. The molecule has 0 N–H and O–H groups in total. The Hall–Kier alpha value is -5.14. The second-order valence-corrected chi connectivity index (χ2v) is 11.8. The fourth-order valence-corrected chi connectivity index (χ4v) is 7.02. The lowest BCUT2D eigenvalue weighted by molar-refractivity contribution is 0.645. The summed E-state index contributed by atoms with van der Waals surface area (Å²) in [6.07, 6.45) is 0. The maximum Gasteiger partial charge on any atom is 0.0546 e. The van der Waals surface area contributed by atoms with E-state index in [1.165, 1.54) is 60.6 Å². The molecule has 8 rings (SSSR count). The number of hydrogen-bond acceptors (Lipinski definition) is 1. The van der Waals surface area contributed by atoms with E-state index in [1.807, 2.05) is 0 Å². The molecule has 7 aromatic carbocycles. The molecule has 200 valence electrons. The first-order chi connectivity index (χ1) is 20.6.